The molecule has 2 nitrogen and oxygen atoms in total. The van der Waals surface area contributed by atoms with Gasteiger partial charge in [-0.1, -0.05) is 188 Å². The highest BCUT2D eigenvalue weighted by Crippen LogP contribution is 2.48. The van der Waals surface area contributed by atoms with Crippen LogP contribution < -0.4 is 4.90 Å². The van der Waals surface area contributed by atoms with Gasteiger partial charge in [-0.2, -0.15) is 0 Å². The molecule has 272 valence electrons. The first kappa shape index (κ1) is 33.6. The summed E-state index contributed by atoms with van der Waals surface area (Å²) in [6.07, 6.45) is 0. The Morgan fingerprint density at radius 1 is 0.293 bits per heavy atom. The first-order valence-electron chi connectivity index (χ1n) is 19.8. The molecule has 0 saturated carbocycles. The van der Waals surface area contributed by atoms with E-state index >= 15 is 0 Å². The van der Waals surface area contributed by atoms with Crippen LogP contribution in [0, 0.1) is 0 Å². The van der Waals surface area contributed by atoms with Crippen molar-refractivity contribution in [3.8, 4) is 44.5 Å². The predicted molar refractivity (Wildman–Crippen MR) is 245 cm³/mol. The van der Waals surface area contributed by atoms with E-state index in [-0.39, 0.29) is 0 Å². The molecule has 0 amide bonds. The number of nitrogens with zero attached hydrogens (tertiary/aromatic N) is 1. The number of hydrogen-bond donors (Lipinski definition) is 0. The molecule has 0 aliphatic carbocycles. The van der Waals surface area contributed by atoms with Gasteiger partial charge in [-0.25, -0.2) is 0 Å². The molecular formula is C56H37NO. The van der Waals surface area contributed by atoms with Gasteiger partial charge in [0.05, 0.1) is 11.4 Å². The zero-order chi connectivity index (χ0) is 38.4. The van der Waals surface area contributed by atoms with Crippen LogP contribution in [0.3, 0.4) is 0 Å². The molecule has 1 heterocycles. The minimum atomic E-state index is 0.885. The maximum atomic E-state index is 6.67. The van der Waals surface area contributed by atoms with Crippen LogP contribution in [0.1, 0.15) is 0 Å². The fourth-order valence-corrected chi connectivity index (χ4v) is 8.66. The lowest BCUT2D eigenvalue weighted by molar-refractivity contribution is 0.670. The molecule has 1 aromatic heterocycles. The Balaban J connectivity index is 1.17. The van der Waals surface area contributed by atoms with Crippen LogP contribution in [0.4, 0.5) is 17.1 Å². The third kappa shape index (κ3) is 5.82. The molecule has 0 N–H and O–H groups in total. The summed E-state index contributed by atoms with van der Waals surface area (Å²) >= 11 is 0. The smallest absolute Gasteiger partial charge is 0.143 e. The summed E-state index contributed by atoms with van der Waals surface area (Å²) in [4.78, 5) is 2.44. The Kier molecular flexibility index (Phi) is 8.19. The number of anilines is 3. The van der Waals surface area contributed by atoms with Gasteiger partial charge in [0.1, 0.15) is 11.2 Å². The molecule has 0 spiro atoms. The molecule has 0 aliphatic heterocycles. The Labute approximate surface area is 337 Å². The van der Waals surface area contributed by atoms with Crippen molar-refractivity contribution in [2.45, 2.75) is 0 Å². The number of para-hydroxylation sites is 3. The quantitative estimate of drug-likeness (QED) is 0.162. The second-order valence-corrected chi connectivity index (χ2v) is 14.9. The molecule has 2 heteroatoms. The highest BCUT2D eigenvalue weighted by Gasteiger charge is 2.23. The predicted octanol–water partition coefficient (Wildman–Crippen LogP) is 16.0. The van der Waals surface area contributed by atoms with Crippen molar-refractivity contribution in [3.05, 3.63) is 224 Å². The third-order valence-corrected chi connectivity index (χ3v) is 11.5. The Hall–Kier alpha value is -7.68. The van der Waals surface area contributed by atoms with Gasteiger partial charge >= 0.3 is 0 Å². The minimum Gasteiger partial charge on any atom is -0.455 e. The fraction of sp³-hybridized carbons (Fsp3) is 0. The molecule has 58 heavy (non-hydrogen) atoms. The summed E-state index contributed by atoms with van der Waals surface area (Å²) in [6, 6.07) is 80.8. The van der Waals surface area contributed by atoms with E-state index in [4.69, 9.17) is 4.42 Å². The van der Waals surface area contributed by atoms with Crippen LogP contribution in [0.2, 0.25) is 0 Å². The van der Waals surface area contributed by atoms with E-state index in [0.717, 1.165) is 66.8 Å². The Bertz CT molecular complexity index is 3280. The maximum absolute atomic E-state index is 6.67. The maximum Gasteiger partial charge on any atom is 0.143 e. The number of fused-ring (bicyclic) bond motifs is 5. The largest absolute Gasteiger partial charge is 0.455 e. The number of hydrogen-bond acceptors (Lipinski definition) is 2. The van der Waals surface area contributed by atoms with Gasteiger partial charge in [0.25, 0.3) is 0 Å². The first-order valence-corrected chi connectivity index (χ1v) is 19.8. The van der Waals surface area contributed by atoms with Gasteiger partial charge in [-0.3, -0.25) is 0 Å². The van der Waals surface area contributed by atoms with Gasteiger partial charge in [-0.15, -0.1) is 0 Å². The number of furan rings is 1. The van der Waals surface area contributed by atoms with Crippen molar-refractivity contribution in [2.24, 2.45) is 0 Å². The highest BCUT2D eigenvalue weighted by atomic mass is 16.3. The van der Waals surface area contributed by atoms with E-state index in [1.54, 1.807) is 0 Å². The van der Waals surface area contributed by atoms with Crippen LogP contribution in [0.15, 0.2) is 229 Å². The van der Waals surface area contributed by atoms with Crippen LogP contribution in [-0.4, -0.2) is 0 Å². The van der Waals surface area contributed by atoms with Crippen molar-refractivity contribution in [1.82, 2.24) is 0 Å². The normalized spacial score (nSPS) is 11.4. The van der Waals surface area contributed by atoms with E-state index in [1.165, 1.54) is 38.2 Å². The van der Waals surface area contributed by atoms with E-state index in [0.29, 0.717) is 0 Å². The van der Waals surface area contributed by atoms with E-state index in [9.17, 15) is 0 Å². The molecule has 0 aliphatic rings. The highest BCUT2D eigenvalue weighted by molar-refractivity contribution is 6.11. The Morgan fingerprint density at radius 3 is 1.76 bits per heavy atom. The van der Waals surface area contributed by atoms with Crippen molar-refractivity contribution >= 4 is 60.5 Å². The SMILES string of the molecule is c1ccc(-c2ccc(-c3ccc4ccccc4c3)cc2N(c2ccc(-c3cccc4ccccc34)cc2)c2ccccc2-c2cccc3c2oc2ccccc23)cc1. The van der Waals surface area contributed by atoms with Crippen LogP contribution in [0.25, 0.3) is 88.0 Å². The molecule has 11 aromatic rings. The van der Waals surface area contributed by atoms with Gasteiger partial charge in [0, 0.05) is 33.2 Å². The van der Waals surface area contributed by atoms with Gasteiger partial charge < -0.3 is 9.32 Å². The second-order valence-electron chi connectivity index (χ2n) is 14.9. The molecular weight excluding hydrogens is 703 g/mol. The summed E-state index contributed by atoms with van der Waals surface area (Å²) in [5.41, 5.74) is 14.1. The zero-order valence-electron chi connectivity index (χ0n) is 31.7. The van der Waals surface area contributed by atoms with Gasteiger partial charge in [0.15, 0.2) is 0 Å². The van der Waals surface area contributed by atoms with Crippen molar-refractivity contribution in [1.29, 1.82) is 0 Å². The first-order chi connectivity index (χ1) is 28.8. The Morgan fingerprint density at radius 2 is 0.879 bits per heavy atom. The van der Waals surface area contributed by atoms with Crippen molar-refractivity contribution in [3.63, 3.8) is 0 Å². The molecule has 0 radical (unpaired) electrons. The van der Waals surface area contributed by atoms with E-state index < -0.39 is 0 Å². The average Bonchev–Trinajstić information content (AvgIpc) is 3.69. The van der Waals surface area contributed by atoms with Gasteiger partial charge in [-0.05, 0) is 85.8 Å². The van der Waals surface area contributed by atoms with Crippen LogP contribution in [0.5, 0.6) is 0 Å². The number of benzene rings is 10. The standard InChI is InChI=1S/C56H37NO/c1-2-15-40(16-3-1)48-35-32-44(43-29-28-38-14-4-5-18-42(38)36-43)37-54(48)57(45-33-30-41(31-34-45)47-23-12-19-39-17-6-7-20-46(39)47)53-26-10-8-21-49(53)51-24-13-25-52-50-22-9-11-27-55(50)58-56(51)52/h1-37H. The monoisotopic (exact) mass is 739 g/mol. The lowest BCUT2D eigenvalue weighted by Gasteiger charge is -2.30. The summed E-state index contributed by atoms with van der Waals surface area (Å²) in [5, 5.41) is 7.16. The number of rotatable bonds is 7. The molecule has 0 fully saturated rings. The van der Waals surface area contributed by atoms with Crippen LogP contribution >= 0.6 is 0 Å². The minimum absolute atomic E-state index is 0.885. The van der Waals surface area contributed by atoms with Crippen molar-refractivity contribution in [2.75, 3.05) is 4.90 Å². The van der Waals surface area contributed by atoms with Crippen LogP contribution in [-0.2, 0) is 0 Å². The van der Waals surface area contributed by atoms with Crippen molar-refractivity contribution < 1.29 is 4.42 Å². The van der Waals surface area contributed by atoms with E-state index in [1.807, 2.05) is 6.07 Å². The lowest BCUT2D eigenvalue weighted by atomic mass is 9.94. The molecule has 11 rings (SSSR count). The molecule has 0 atom stereocenters. The fourth-order valence-electron chi connectivity index (χ4n) is 8.66. The van der Waals surface area contributed by atoms with E-state index in [2.05, 4.69) is 223 Å². The summed E-state index contributed by atoms with van der Waals surface area (Å²) in [7, 11) is 0. The topological polar surface area (TPSA) is 16.4 Å². The third-order valence-electron chi connectivity index (χ3n) is 11.5. The zero-order valence-corrected chi connectivity index (χ0v) is 31.7. The molecule has 10 aromatic carbocycles. The molecule has 0 bridgehead atoms. The summed E-state index contributed by atoms with van der Waals surface area (Å²) in [6.45, 7) is 0. The molecule has 0 unspecified atom stereocenters. The second kappa shape index (κ2) is 14.1. The average molecular weight is 740 g/mol. The lowest BCUT2D eigenvalue weighted by Crippen LogP contribution is -2.12. The summed E-state index contributed by atoms with van der Waals surface area (Å²) in [5.74, 6) is 0. The van der Waals surface area contributed by atoms with Gasteiger partial charge in [0.2, 0.25) is 0 Å². The summed E-state index contributed by atoms with van der Waals surface area (Å²) < 4.78 is 6.67. The molecule has 0 saturated heterocycles.